The molecule has 0 saturated heterocycles. The number of nitrogens with zero attached hydrogens (tertiary/aromatic N) is 4. The Kier molecular flexibility index (Phi) is 3.43. The van der Waals surface area contributed by atoms with Crippen LogP contribution in [0.3, 0.4) is 0 Å². The van der Waals surface area contributed by atoms with Crippen molar-refractivity contribution in [1.29, 1.82) is 0 Å². The Hall–Kier alpha value is -1.75. The minimum atomic E-state index is 0.424. The normalized spacial score (nSPS) is 20.9. The van der Waals surface area contributed by atoms with E-state index >= 15 is 0 Å². The van der Waals surface area contributed by atoms with Crippen LogP contribution in [0, 0.1) is 0 Å². The maximum atomic E-state index is 4.38. The van der Waals surface area contributed by atoms with E-state index in [1.165, 1.54) is 36.8 Å². The summed E-state index contributed by atoms with van der Waals surface area (Å²) in [6.45, 7) is 1.88. The van der Waals surface area contributed by atoms with Crippen LogP contribution in [-0.2, 0) is 25.9 Å². The quantitative estimate of drug-likeness (QED) is 0.938. The standard InChI is InChI=1S/C16H21N5/c1-2-9-21-15(6-1)19-20-16(21)11-18-14-5-3-4-12-10-17-8-7-13(12)14/h7-8,10,14,18H,1-6,9,11H2. The van der Waals surface area contributed by atoms with Crippen molar-refractivity contribution in [2.45, 2.75) is 57.7 Å². The van der Waals surface area contributed by atoms with E-state index in [0.717, 1.165) is 37.6 Å². The fourth-order valence-electron chi connectivity index (χ4n) is 3.56. The second kappa shape index (κ2) is 5.56. The van der Waals surface area contributed by atoms with Gasteiger partial charge in [-0.25, -0.2) is 0 Å². The number of hydrogen-bond donors (Lipinski definition) is 1. The van der Waals surface area contributed by atoms with Crippen LogP contribution < -0.4 is 5.32 Å². The van der Waals surface area contributed by atoms with Crippen molar-refractivity contribution < 1.29 is 0 Å². The first-order chi connectivity index (χ1) is 10.4. The molecule has 110 valence electrons. The van der Waals surface area contributed by atoms with E-state index in [1.54, 1.807) is 0 Å². The van der Waals surface area contributed by atoms with E-state index in [1.807, 2.05) is 12.4 Å². The summed E-state index contributed by atoms with van der Waals surface area (Å²) < 4.78 is 2.30. The van der Waals surface area contributed by atoms with Crippen LogP contribution in [-0.4, -0.2) is 19.7 Å². The van der Waals surface area contributed by atoms with Gasteiger partial charge in [-0.15, -0.1) is 10.2 Å². The lowest BCUT2D eigenvalue weighted by Crippen LogP contribution is -2.27. The molecule has 1 unspecified atom stereocenters. The summed E-state index contributed by atoms with van der Waals surface area (Å²) in [5, 5.41) is 12.4. The Morgan fingerprint density at radius 2 is 2.19 bits per heavy atom. The molecule has 0 radical (unpaired) electrons. The molecule has 5 nitrogen and oxygen atoms in total. The van der Waals surface area contributed by atoms with E-state index in [4.69, 9.17) is 0 Å². The fraction of sp³-hybridized carbons (Fsp3) is 0.562. The molecular formula is C16H21N5. The largest absolute Gasteiger partial charge is 0.314 e. The van der Waals surface area contributed by atoms with Gasteiger partial charge in [0.15, 0.2) is 0 Å². The van der Waals surface area contributed by atoms with Crippen LogP contribution in [0.15, 0.2) is 18.5 Å². The molecule has 0 spiro atoms. The van der Waals surface area contributed by atoms with Gasteiger partial charge in [0, 0.05) is 31.4 Å². The van der Waals surface area contributed by atoms with Crippen molar-refractivity contribution in [3.8, 4) is 0 Å². The number of aromatic nitrogens is 4. The average Bonchev–Trinajstić information content (AvgIpc) is 2.96. The lowest BCUT2D eigenvalue weighted by molar-refractivity contribution is 0.436. The molecule has 5 heteroatoms. The van der Waals surface area contributed by atoms with Crippen molar-refractivity contribution >= 4 is 0 Å². The summed E-state index contributed by atoms with van der Waals surface area (Å²) in [6.07, 6.45) is 11.1. The van der Waals surface area contributed by atoms with Gasteiger partial charge >= 0.3 is 0 Å². The van der Waals surface area contributed by atoms with Gasteiger partial charge in [-0.2, -0.15) is 0 Å². The fourth-order valence-corrected chi connectivity index (χ4v) is 3.56. The number of aryl methyl sites for hydroxylation is 2. The predicted molar refractivity (Wildman–Crippen MR) is 79.7 cm³/mol. The lowest BCUT2D eigenvalue weighted by Gasteiger charge is -2.26. The van der Waals surface area contributed by atoms with E-state index in [2.05, 4.69) is 31.1 Å². The summed E-state index contributed by atoms with van der Waals surface area (Å²) in [4.78, 5) is 4.25. The third-order valence-corrected chi connectivity index (χ3v) is 4.70. The smallest absolute Gasteiger partial charge is 0.147 e. The molecule has 0 fully saturated rings. The van der Waals surface area contributed by atoms with Crippen LogP contribution in [0.25, 0.3) is 0 Å². The van der Waals surface area contributed by atoms with Crippen LogP contribution in [0.5, 0.6) is 0 Å². The van der Waals surface area contributed by atoms with Gasteiger partial charge in [-0.1, -0.05) is 0 Å². The van der Waals surface area contributed by atoms with E-state index in [9.17, 15) is 0 Å². The van der Waals surface area contributed by atoms with Gasteiger partial charge in [0.05, 0.1) is 6.54 Å². The van der Waals surface area contributed by atoms with Crippen LogP contribution in [0.1, 0.15) is 54.5 Å². The topological polar surface area (TPSA) is 55.6 Å². The molecule has 0 amide bonds. The summed E-state index contributed by atoms with van der Waals surface area (Å²) in [5.74, 6) is 2.25. The molecule has 1 aliphatic heterocycles. The predicted octanol–water partition coefficient (Wildman–Crippen LogP) is 2.18. The number of rotatable bonds is 3. The second-order valence-corrected chi connectivity index (χ2v) is 6.04. The molecule has 1 aliphatic carbocycles. The molecule has 2 aromatic heterocycles. The van der Waals surface area contributed by atoms with Gasteiger partial charge in [0.25, 0.3) is 0 Å². The van der Waals surface area contributed by atoms with E-state index in [-0.39, 0.29) is 0 Å². The first-order valence-corrected chi connectivity index (χ1v) is 7.99. The highest BCUT2D eigenvalue weighted by Gasteiger charge is 2.21. The third kappa shape index (κ3) is 2.46. The maximum absolute atomic E-state index is 4.38. The maximum Gasteiger partial charge on any atom is 0.147 e. The number of pyridine rings is 1. The van der Waals surface area contributed by atoms with Gasteiger partial charge in [0.2, 0.25) is 0 Å². The SMILES string of the molecule is c1cc2c(cn1)CCCC2NCc1nnc2n1CCCC2. The minimum Gasteiger partial charge on any atom is -0.314 e. The number of hydrogen-bond acceptors (Lipinski definition) is 4. The van der Waals surface area contributed by atoms with Crippen LogP contribution in [0.4, 0.5) is 0 Å². The van der Waals surface area contributed by atoms with Gasteiger partial charge in [-0.3, -0.25) is 4.98 Å². The van der Waals surface area contributed by atoms with E-state index < -0.39 is 0 Å². The number of nitrogens with one attached hydrogen (secondary N) is 1. The molecule has 2 aliphatic rings. The first kappa shape index (κ1) is 13.0. The Bertz CT molecular complexity index is 633. The Morgan fingerprint density at radius 1 is 1.19 bits per heavy atom. The zero-order chi connectivity index (χ0) is 14.1. The van der Waals surface area contributed by atoms with Crippen molar-refractivity contribution in [3.63, 3.8) is 0 Å². The Balaban J connectivity index is 1.49. The summed E-state index contributed by atoms with van der Waals surface area (Å²) in [6, 6.07) is 2.58. The highest BCUT2D eigenvalue weighted by molar-refractivity contribution is 5.29. The lowest BCUT2D eigenvalue weighted by atomic mass is 9.89. The molecule has 1 atom stereocenters. The second-order valence-electron chi connectivity index (χ2n) is 6.04. The minimum absolute atomic E-state index is 0.424. The molecule has 2 aromatic rings. The van der Waals surface area contributed by atoms with Gasteiger partial charge < -0.3 is 9.88 Å². The van der Waals surface area contributed by atoms with Crippen molar-refractivity contribution in [2.24, 2.45) is 0 Å². The van der Waals surface area contributed by atoms with Crippen LogP contribution in [0.2, 0.25) is 0 Å². The molecule has 0 aromatic carbocycles. The van der Waals surface area contributed by atoms with Gasteiger partial charge in [0.1, 0.15) is 11.6 Å². The van der Waals surface area contributed by atoms with Gasteiger partial charge in [-0.05, 0) is 49.3 Å². The van der Waals surface area contributed by atoms with E-state index in [0.29, 0.717) is 6.04 Å². The zero-order valence-corrected chi connectivity index (χ0v) is 12.3. The van der Waals surface area contributed by atoms with Crippen molar-refractivity contribution in [1.82, 2.24) is 25.1 Å². The summed E-state index contributed by atoms with van der Waals surface area (Å²) in [7, 11) is 0. The average molecular weight is 283 g/mol. The molecule has 1 N–H and O–H groups in total. The molecular weight excluding hydrogens is 262 g/mol. The Labute approximate surface area is 124 Å². The molecule has 0 saturated carbocycles. The molecule has 3 heterocycles. The zero-order valence-electron chi connectivity index (χ0n) is 12.3. The monoisotopic (exact) mass is 283 g/mol. The highest BCUT2D eigenvalue weighted by atomic mass is 15.3. The van der Waals surface area contributed by atoms with Crippen LogP contribution >= 0.6 is 0 Å². The highest BCUT2D eigenvalue weighted by Crippen LogP contribution is 2.29. The van der Waals surface area contributed by atoms with Crippen molar-refractivity contribution in [3.05, 3.63) is 41.2 Å². The Morgan fingerprint density at radius 3 is 3.19 bits per heavy atom. The summed E-state index contributed by atoms with van der Waals surface area (Å²) >= 11 is 0. The first-order valence-electron chi connectivity index (χ1n) is 7.99. The number of fused-ring (bicyclic) bond motifs is 2. The molecule has 0 bridgehead atoms. The summed E-state index contributed by atoms with van der Waals surface area (Å²) in [5.41, 5.74) is 2.80. The molecule has 4 rings (SSSR count). The molecule has 21 heavy (non-hydrogen) atoms. The van der Waals surface area contributed by atoms with Crippen molar-refractivity contribution in [2.75, 3.05) is 0 Å². The third-order valence-electron chi connectivity index (χ3n) is 4.70.